The molecule has 1 aliphatic rings. The van der Waals surface area contributed by atoms with Crippen molar-refractivity contribution in [3.8, 4) is 5.75 Å². The lowest BCUT2D eigenvalue weighted by atomic mass is 10.1. The van der Waals surface area contributed by atoms with Crippen LogP contribution in [-0.4, -0.2) is 32.8 Å². The molecule has 0 spiro atoms. The molecule has 1 aromatic rings. The smallest absolute Gasteiger partial charge is 0.223 e. The minimum absolute atomic E-state index is 0.134. The zero-order valence-electron chi connectivity index (χ0n) is 13.6. The van der Waals surface area contributed by atoms with E-state index in [1.54, 1.807) is 7.11 Å². The average molecular weight is 305 g/mol. The number of hydrogen-bond donors (Lipinski definition) is 1. The van der Waals surface area contributed by atoms with Gasteiger partial charge in [-0.1, -0.05) is 25.5 Å². The second kappa shape index (κ2) is 8.79. The second-order valence-corrected chi connectivity index (χ2v) is 5.83. The first-order valence-corrected chi connectivity index (χ1v) is 8.25. The van der Waals surface area contributed by atoms with E-state index >= 15 is 0 Å². The number of hydrogen-bond acceptors (Lipinski definition) is 3. The highest BCUT2D eigenvalue weighted by molar-refractivity contribution is 5.82. The van der Waals surface area contributed by atoms with Gasteiger partial charge in [0.25, 0.3) is 0 Å². The molecule has 1 saturated carbocycles. The standard InChI is InChI=1S/C18H27NO3/c1-3-4-11-22-12-5-10-19-18(20)17-13-16(17)14-6-8-15(21-2)9-7-14/h6-9,16-17H,3-5,10-13H2,1-2H3,(H,19,20). The van der Waals surface area contributed by atoms with E-state index in [1.165, 1.54) is 5.56 Å². The zero-order chi connectivity index (χ0) is 15.8. The highest BCUT2D eigenvalue weighted by Crippen LogP contribution is 2.47. The molecule has 0 heterocycles. The Balaban J connectivity index is 1.61. The van der Waals surface area contributed by atoms with Crippen LogP contribution in [0.1, 0.15) is 44.1 Å². The van der Waals surface area contributed by atoms with Crippen molar-refractivity contribution in [3.05, 3.63) is 29.8 Å². The Morgan fingerprint density at radius 1 is 1.23 bits per heavy atom. The first-order valence-electron chi connectivity index (χ1n) is 8.25. The molecule has 1 aliphatic carbocycles. The van der Waals surface area contributed by atoms with Gasteiger partial charge in [-0.3, -0.25) is 4.79 Å². The topological polar surface area (TPSA) is 47.6 Å². The predicted molar refractivity (Wildman–Crippen MR) is 87.2 cm³/mol. The Bertz CT molecular complexity index is 458. The number of carbonyl (C=O) groups is 1. The van der Waals surface area contributed by atoms with Gasteiger partial charge in [-0.25, -0.2) is 0 Å². The maximum atomic E-state index is 12.1. The number of unbranched alkanes of at least 4 members (excludes halogenated alkanes) is 1. The SMILES string of the molecule is CCCCOCCCNC(=O)C1CC1c1ccc(OC)cc1. The number of ether oxygens (including phenoxy) is 2. The summed E-state index contributed by atoms with van der Waals surface area (Å²) in [5.41, 5.74) is 1.23. The lowest BCUT2D eigenvalue weighted by molar-refractivity contribution is -0.122. The van der Waals surface area contributed by atoms with Crippen LogP contribution in [0.3, 0.4) is 0 Å². The summed E-state index contributed by atoms with van der Waals surface area (Å²) in [6, 6.07) is 8.02. The summed E-state index contributed by atoms with van der Waals surface area (Å²) in [5, 5.41) is 3.01. The van der Waals surface area contributed by atoms with E-state index in [4.69, 9.17) is 9.47 Å². The summed E-state index contributed by atoms with van der Waals surface area (Å²) in [6.45, 7) is 4.41. The highest BCUT2D eigenvalue weighted by Gasteiger charge is 2.43. The first-order chi connectivity index (χ1) is 10.8. The summed E-state index contributed by atoms with van der Waals surface area (Å²) in [6.07, 6.45) is 4.10. The second-order valence-electron chi connectivity index (χ2n) is 5.83. The van der Waals surface area contributed by atoms with Gasteiger partial charge in [0.15, 0.2) is 0 Å². The lowest BCUT2D eigenvalue weighted by Gasteiger charge is -2.06. The fourth-order valence-corrected chi connectivity index (χ4v) is 2.57. The van der Waals surface area contributed by atoms with Gasteiger partial charge in [0.1, 0.15) is 5.75 Å². The van der Waals surface area contributed by atoms with Crippen LogP contribution in [0.15, 0.2) is 24.3 Å². The average Bonchev–Trinajstić information content (AvgIpc) is 3.34. The van der Waals surface area contributed by atoms with E-state index < -0.39 is 0 Å². The fourth-order valence-electron chi connectivity index (χ4n) is 2.57. The van der Waals surface area contributed by atoms with Gasteiger partial charge in [0.2, 0.25) is 5.91 Å². The molecule has 2 unspecified atom stereocenters. The van der Waals surface area contributed by atoms with Crippen LogP contribution in [0, 0.1) is 5.92 Å². The molecule has 1 amide bonds. The van der Waals surface area contributed by atoms with Crippen LogP contribution in [0.4, 0.5) is 0 Å². The lowest BCUT2D eigenvalue weighted by Crippen LogP contribution is -2.27. The molecule has 1 fully saturated rings. The van der Waals surface area contributed by atoms with Crippen LogP contribution in [-0.2, 0) is 9.53 Å². The summed E-state index contributed by atoms with van der Waals surface area (Å²) in [4.78, 5) is 12.1. The van der Waals surface area contributed by atoms with E-state index in [2.05, 4.69) is 24.4 Å². The minimum atomic E-state index is 0.134. The molecule has 1 N–H and O–H groups in total. The molecule has 1 aromatic carbocycles. The monoisotopic (exact) mass is 305 g/mol. The Labute approximate surface area is 133 Å². The Morgan fingerprint density at radius 2 is 1.95 bits per heavy atom. The number of methoxy groups -OCH3 is 1. The van der Waals surface area contributed by atoms with Crippen LogP contribution >= 0.6 is 0 Å². The molecule has 22 heavy (non-hydrogen) atoms. The third kappa shape index (κ3) is 5.02. The molecule has 0 aliphatic heterocycles. The molecular weight excluding hydrogens is 278 g/mol. The minimum Gasteiger partial charge on any atom is -0.497 e. The van der Waals surface area contributed by atoms with Crippen LogP contribution < -0.4 is 10.1 Å². The van der Waals surface area contributed by atoms with Crippen molar-refractivity contribution >= 4 is 5.91 Å². The van der Waals surface area contributed by atoms with Crippen molar-refractivity contribution in [1.29, 1.82) is 0 Å². The van der Waals surface area contributed by atoms with Gasteiger partial charge in [-0.2, -0.15) is 0 Å². The normalized spacial score (nSPS) is 19.7. The Morgan fingerprint density at radius 3 is 2.64 bits per heavy atom. The quantitative estimate of drug-likeness (QED) is 0.676. The molecule has 4 heteroatoms. The summed E-state index contributed by atoms with van der Waals surface area (Å²) < 4.78 is 10.6. The molecule has 4 nitrogen and oxygen atoms in total. The van der Waals surface area contributed by atoms with Crippen molar-refractivity contribution in [2.75, 3.05) is 26.9 Å². The third-order valence-corrected chi connectivity index (χ3v) is 4.08. The highest BCUT2D eigenvalue weighted by atomic mass is 16.5. The molecule has 0 aromatic heterocycles. The number of nitrogens with one attached hydrogen (secondary N) is 1. The maximum Gasteiger partial charge on any atom is 0.223 e. The molecule has 2 atom stereocenters. The van der Waals surface area contributed by atoms with Gasteiger partial charge < -0.3 is 14.8 Å². The Hall–Kier alpha value is -1.55. The van der Waals surface area contributed by atoms with E-state index in [1.807, 2.05) is 12.1 Å². The van der Waals surface area contributed by atoms with Crippen molar-refractivity contribution in [1.82, 2.24) is 5.32 Å². The van der Waals surface area contributed by atoms with Crippen molar-refractivity contribution in [2.45, 2.75) is 38.5 Å². The van der Waals surface area contributed by atoms with E-state index in [9.17, 15) is 4.79 Å². The Kier molecular flexibility index (Phi) is 6.72. The molecule has 2 rings (SSSR count). The first kappa shape index (κ1) is 16.8. The number of carbonyl (C=O) groups excluding carboxylic acids is 1. The maximum absolute atomic E-state index is 12.1. The van der Waals surface area contributed by atoms with Gasteiger partial charge in [-0.15, -0.1) is 0 Å². The van der Waals surface area contributed by atoms with Crippen molar-refractivity contribution < 1.29 is 14.3 Å². The summed E-state index contributed by atoms with van der Waals surface area (Å²) in [5.74, 6) is 1.53. The summed E-state index contributed by atoms with van der Waals surface area (Å²) in [7, 11) is 1.66. The third-order valence-electron chi connectivity index (χ3n) is 4.08. The van der Waals surface area contributed by atoms with E-state index in [-0.39, 0.29) is 11.8 Å². The van der Waals surface area contributed by atoms with Crippen molar-refractivity contribution in [3.63, 3.8) is 0 Å². The van der Waals surface area contributed by atoms with Crippen LogP contribution in [0.2, 0.25) is 0 Å². The summed E-state index contributed by atoms with van der Waals surface area (Å²) >= 11 is 0. The predicted octanol–water partition coefficient (Wildman–Crippen LogP) is 3.12. The largest absolute Gasteiger partial charge is 0.497 e. The van der Waals surface area contributed by atoms with Crippen molar-refractivity contribution in [2.24, 2.45) is 5.92 Å². The molecule has 122 valence electrons. The van der Waals surface area contributed by atoms with Gasteiger partial charge in [0, 0.05) is 25.7 Å². The molecule has 0 bridgehead atoms. The number of amides is 1. The zero-order valence-corrected chi connectivity index (χ0v) is 13.6. The fraction of sp³-hybridized carbons (Fsp3) is 0.611. The molecule has 0 saturated heterocycles. The van der Waals surface area contributed by atoms with Gasteiger partial charge in [-0.05, 0) is 42.9 Å². The number of rotatable bonds is 10. The van der Waals surface area contributed by atoms with Crippen LogP contribution in [0.5, 0.6) is 5.75 Å². The number of benzene rings is 1. The molecular formula is C18H27NO3. The molecule has 0 radical (unpaired) electrons. The van der Waals surface area contributed by atoms with E-state index in [0.717, 1.165) is 44.6 Å². The van der Waals surface area contributed by atoms with Gasteiger partial charge >= 0.3 is 0 Å². The van der Waals surface area contributed by atoms with E-state index in [0.29, 0.717) is 12.5 Å². The van der Waals surface area contributed by atoms with Crippen LogP contribution in [0.25, 0.3) is 0 Å². The van der Waals surface area contributed by atoms with Gasteiger partial charge in [0.05, 0.1) is 7.11 Å².